The summed E-state index contributed by atoms with van der Waals surface area (Å²) in [5.74, 6) is -2.01. The molecule has 0 spiro atoms. The molecule has 4 nitrogen and oxygen atoms in total. The van der Waals surface area contributed by atoms with Crippen LogP contribution in [-0.2, 0) is 10.0 Å². The Labute approximate surface area is 111 Å². The predicted molar refractivity (Wildman–Crippen MR) is 63.4 cm³/mol. The molecule has 1 N–H and O–H groups in total. The molecule has 0 amide bonds. The minimum Gasteiger partial charge on any atom is -0.392 e. The Morgan fingerprint density at radius 2 is 2.06 bits per heavy atom. The van der Waals surface area contributed by atoms with E-state index in [0.29, 0.717) is 12.5 Å². The Morgan fingerprint density at radius 3 is 2.56 bits per heavy atom. The molecule has 1 saturated heterocycles. The molecule has 0 saturated carbocycles. The molecule has 1 aromatic rings. The van der Waals surface area contributed by atoms with E-state index in [2.05, 4.69) is 15.9 Å². The summed E-state index contributed by atoms with van der Waals surface area (Å²) in [5.41, 5.74) is 0. The molecule has 1 heterocycles. The predicted octanol–water partition coefficient (Wildman–Crippen LogP) is 1.48. The highest BCUT2D eigenvalue weighted by Crippen LogP contribution is 2.30. The summed E-state index contributed by atoms with van der Waals surface area (Å²) in [4.78, 5) is -0.599. The molecule has 1 aliphatic rings. The van der Waals surface area contributed by atoms with Crippen LogP contribution in [0.25, 0.3) is 0 Å². The van der Waals surface area contributed by atoms with Crippen LogP contribution in [-0.4, -0.2) is 37.0 Å². The van der Waals surface area contributed by atoms with E-state index in [1.165, 1.54) is 0 Å². The van der Waals surface area contributed by atoms with Crippen molar-refractivity contribution in [3.05, 3.63) is 28.2 Å². The molecule has 8 heteroatoms. The van der Waals surface area contributed by atoms with Gasteiger partial charge in [-0.05, 0) is 28.4 Å². The zero-order chi connectivity index (χ0) is 13.5. The summed E-state index contributed by atoms with van der Waals surface area (Å²) >= 11 is 2.85. The first kappa shape index (κ1) is 13.9. The van der Waals surface area contributed by atoms with E-state index in [0.717, 1.165) is 10.4 Å². The van der Waals surface area contributed by atoms with Gasteiger partial charge in [0.2, 0.25) is 10.0 Å². The van der Waals surface area contributed by atoms with Crippen LogP contribution in [0.2, 0.25) is 0 Å². The molecule has 1 fully saturated rings. The molecule has 2 rings (SSSR count). The van der Waals surface area contributed by atoms with E-state index in [1.54, 1.807) is 0 Å². The standard InChI is InChI=1S/C10H10BrF2NO3S/c11-8-3-6(12)4-9(13)10(8)18(16,17)14-2-1-7(15)5-14/h3-4,7,15H,1-2,5H2. The SMILES string of the molecule is O=S(=O)(c1c(F)cc(F)cc1Br)N1CCC(O)C1. The van der Waals surface area contributed by atoms with Crippen LogP contribution >= 0.6 is 15.9 Å². The van der Waals surface area contributed by atoms with E-state index >= 15 is 0 Å². The Bertz CT molecular complexity index is 555. The van der Waals surface area contributed by atoms with E-state index in [9.17, 15) is 22.3 Å². The quantitative estimate of drug-likeness (QED) is 0.886. The van der Waals surface area contributed by atoms with E-state index in [1.807, 2.05) is 0 Å². The van der Waals surface area contributed by atoms with Gasteiger partial charge in [-0.3, -0.25) is 0 Å². The summed E-state index contributed by atoms with van der Waals surface area (Å²) < 4.78 is 51.7. The number of halogens is 3. The number of hydrogen-bond donors (Lipinski definition) is 1. The van der Waals surface area contributed by atoms with E-state index in [-0.39, 0.29) is 17.6 Å². The Morgan fingerprint density at radius 1 is 1.39 bits per heavy atom. The van der Waals surface area contributed by atoms with Crippen molar-refractivity contribution >= 4 is 26.0 Å². The average Bonchev–Trinajstić information content (AvgIpc) is 2.63. The second-order valence-electron chi connectivity index (χ2n) is 4.00. The van der Waals surface area contributed by atoms with Gasteiger partial charge in [-0.15, -0.1) is 0 Å². The Balaban J connectivity index is 2.48. The van der Waals surface area contributed by atoms with Crippen molar-refractivity contribution in [2.24, 2.45) is 0 Å². The highest BCUT2D eigenvalue weighted by molar-refractivity contribution is 9.10. The number of nitrogens with zero attached hydrogens (tertiary/aromatic N) is 1. The fourth-order valence-corrected chi connectivity index (χ4v) is 4.44. The van der Waals surface area contributed by atoms with Gasteiger partial charge in [-0.25, -0.2) is 17.2 Å². The molecule has 1 aliphatic heterocycles. The van der Waals surface area contributed by atoms with Crippen LogP contribution in [0.1, 0.15) is 6.42 Å². The average molecular weight is 342 g/mol. The van der Waals surface area contributed by atoms with Crippen molar-refractivity contribution in [2.45, 2.75) is 17.4 Å². The molecule has 0 bridgehead atoms. The normalized spacial score (nSPS) is 21.4. The third kappa shape index (κ3) is 2.42. The van der Waals surface area contributed by atoms with Crippen molar-refractivity contribution in [1.82, 2.24) is 4.31 Å². The number of benzene rings is 1. The van der Waals surface area contributed by atoms with Crippen LogP contribution in [0.5, 0.6) is 0 Å². The van der Waals surface area contributed by atoms with Gasteiger partial charge in [0.05, 0.1) is 6.10 Å². The van der Waals surface area contributed by atoms with Crippen LogP contribution in [0.15, 0.2) is 21.5 Å². The second kappa shape index (κ2) is 4.84. The van der Waals surface area contributed by atoms with Crippen molar-refractivity contribution < 1.29 is 22.3 Å². The van der Waals surface area contributed by atoms with Gasteiger partial charge >= 0.3 is 0 Å². The highest BCUT2D eigenvalue weighted by Gasteiger charge is 2.35. The molecular weight excluding hydrogens is 332 g/mol. The first-order chi connectivity index (χ1) is 8.32. The van der Waals surface area contributed by atoms with Crippen LogP contribution in [0.4, 0.5) is 8.78 Å². The summed E-state index contributed by atoms with van der Waals surface area (Å²) in [6, 6.07) is 1.41. The van der Waals surface area contributed by atoms with Crippen LogP contribution < -0.4 is 0 Å². The number of β-amino-alcohol motifs (C(OH)–C–C–N with tert-alkyl or cyclic N) is 1. The molecule has 18 heavy (non-hydrogen) atoms. The van der Waals surface area contributed by atoms with Gasteiger partial charge in [0.1, 0.15) is 16.5 Å². The zero-order valence-corrected chi connectivity index (χ0v) is 11.5. The third-order valence-electron chi connectivity index (χ3n) is 2.69. The summed E-state index contributed by atoms with van der Waals surface area (Å²) in [6.07, 6.45) is -0.443. The maximum Gasteiger partial charge on any atom is 0.247 e. The largest absolute Gasteiger partial charge is 0.392 e. The summed E-state index contributed by atoms with van der Waals surface area (Å²) in [5, 5.41) is 9.32. The number of rotatable bonds is 2. The van der Waals surface area contributed by atoms with Gasteiger partial charge in [-0.1, -0.05) is 0 Å². The fourth-order valence-electron chi connectivity index (χ4n) is 1.83. The lowest BCUT2D eigenvalue weighted by Gasteiger charge is -2.17. The first-order valence-electron chi connectivity index (χ1n) is 5.15. The minimum atomic E-state index is -4.06. The lowest BCUT2D eigenvalue weighted by Crippen LogP contribution is -2.30. The third-order valence-corrected chi connectivity index (χ3v) is 5.52. The van der Waals surface area contributed by atoms with Gasteiger partial charge in [0.15, 0.2) is 0 Å². The molecule has 0 aromatic heterocycles. The highest BCUT2D eigenvalue weighted by atomic mass is 79.9. The monoisotopic (exact) mass is 341 g/mol. The van der Waals surface area contributed by atoms with Gasteiger partial charge in [0, 0.05) is 23.6 Å². The maximum absolute atomic E-state index is 13.6. The van der Waals surface area contributed by atoms with Crippen molar-refractivity contribution in [3.8, 4) is 0 Å². The van der Waals surface area contributed by atoms with Crippen molar-refractivity contribution in [1.29, 1.82) is 0 Å². The molecular formula is C10H10BrF2NO3S. The van der Waals surface area contributed by atoms with E-state index in [4.69, 9.17) is 0 Å². The zero-order valence-electron chi connectivity index (χ0n) is 9.11. The van der Waals surface area contributed by atoms with Crippen LogP contribution in [0.3, 0.4) is 0 Å². The smallest absolute Gasteiger partial charge is 0.247 e. The van der Waals surface area contributed by atoms with Gasteiger partial charge in [-0.2, -0.15) is 4.31 Å². The Hall–Kier alpha value is -0.570. The summed E-state index contributed by atoms with van der Waals surface area (Å²) in [6.45, 7) is 0.0400. The lowest BCUT2D eigenvalue weighted by atomic mass is 10.3. The topological polar surface area (TPSA) is 57.6 Å². The number of hydrogen-bond acceptors (Lipinski definition) is 3. The lowest BCUT2D eigenvalue weighted by molar-refractivity contribution is 0.189. The van der Waals surface area contributed by atoms with Crippen molar-refractivity contribution in [2.75, 3.05) is 13.1 Å². The molecule has 1 atom stereocenters. The second-order valence-corrected chi connectivity index (χ2v) is 6.73. The number of aliphatic hydroxyl groups excluding tert-OH is 1. The molecule has 1 aromatic carbocycles. The first-order valence-corrected chi connectivity index (χ1v) is 7.38. The molecule has 1 unspecified atom stereocenters. The van der Waals surface area contributed by atoms with Gasteiger partial charge in [0.25, 0.3) is 0 Å². The fraction of sp³-hybridized carbons (Fsp3) is 0.400. The summed E-state index contributed by atoms with van der Waals surface area (Å²) in [7, 11) is -4.06. The minimum absolute atomic E-state index is 0.0778. The molecule has 0 radical (unpaired) electrons. The van der Waals surface area contributed by atoms with Gasteiger partial charge < -0.3 is 5.11 Å². The molecule has 0 aliphatic carbocycles. The Kier molecular flexibility index (Phi) is 3.72. The molecule has 100 valence electrons. The number of aliphatic hydroxyl groups is 1. The number of sulfonamides is 1. The van der Waals surface area contributed by atoms with E-state index < -0.39 is 32.7 Å². The maximum atomic E-state index is 13.6. The van der Waals surface area contributed by atoms with Crippen LogP contribution in [0, 0.1) is 11.6 Å². The van der Waals surface area contributed by atoms with Crippen molar-refractivity contribution in [3.63, 3.8) is 0 Å².